The highest BCUT2D eigenvalue weighted by atomic mass is 35.5. The van der Waals surface area contributed by atoms with Gasteiger partial charge in [-0.1, -0.05) is 11.6 Å². The minimum atomic E-state index is -1.21. The van der Waals surface area contributed by atoms with E-state index in [0.717, 1.165) is 23.1 Å². The van der Waals surface area contributed by atoms with Crippen LogP contribution in [0.25, 0.3) is 0 Å². The van der Waals surface area contributed by atoms with Gasteiger partial charge in [0.05, 0.1) is 18.8 Å². The highest BCUT2D eigenvalue weighted by Crippen LogP contribution is 2.25. The zero-order valence-electron chi connectivity index (χ0n) is 9.99. The summed E-state index contributed by atoms with van der Waals surface area (Å²) in [6.45, 7) is -0.565. The summed E-state index contributed by atoms with van der Waals surface area (Å²) in [4.78, 5) is 24.1. The third kappa shape index (κ3) is 2.63. The molecule has 0 spiro atoms. The van der Waals surface area contributed by atoms with Crippen molar-refractivity contribution >= 4 is 29.1 Å². The van der Waals surface area contributed by atoms with Gasteiger partial charge in [0, 0.05) is 11.1 Å². The molecule has 0 saturated heterocycles. The van der Waals surface area contributed by atoms with Crippen molar-refractivity contribution in [2.24, 2.45) is 0 Å². The molecule has 0 radical (unpaired) electrons. The molecule has 1 aliphatic rings. The molecule has 2 amide bonds. The molecular formula is C12H9ClF2N2O3. The van der Waals surface area contributed by atoms with Gasteiger partial charge in [-0.05, 0) is 12.1 Å². The first kappa shape index (κ1) is 14.4. The summed E-state index contributed by atoms with van der Waals surface area (Å²) in [5.41, 5.74) is -0.572. The van der Waals surface area contributed by atoms with Gasteiger partial charge >= 0.3 is 0 Å². The fourth-order valence-electron chi connectivity index (χ4n) is 1.70. The van der Waals surface area contributed by atoms with Crippen LogP contribution in [0, 0.1) is 11.6 Å². The molecule has 20 heavy (non-hydrogen) atoms. The molecule has 0 fully saturated rings. The zero-order valence-corrected chi connectivity index (χ0v) is 10.7. The van der Waals surface area contributed by atoms with Crippen LogP contribution in [0.5, 0.6) is 0 Å². The smallest absolute Gasteiger partial charge is 0.277 e. The maximum Gasteiger partial charge on any atom is 0.277 e. The molecule has 8 heteroatoms. The largest absolute Gasteiger partial charge is 0.395 e. The lowest BCUT2D eigenvalue weighted by atomic mass is 10.2. The van der Waals surface area contributed by atoms with Crippen LogP contribution in [0.15, 0.2) is 23.9 Å². The van der Waals surface area contributed by atoms with Crippen molar-refractivity contribution in [3.8, 4) is 0 Å². The van der Waals surface area contributed by atoms with Crippen LogP contribution < -0.4 is 5.32 Å². The highest BCUT2D eigenvalue weighted by Gasteiger charge is 2.31. The van der Waals surface area contributed by atoms with Crippen LogP contribution >= 0.6 is 11.6 Å². The lowest BCUT2D eigenvalue weighted by Gasteiger charge is -2.13. The standard InChI is InChI=1S/C12H9ClF2N2O3/c13-6-3-7(14)11(15)8(4-6)16-9-5-10(19)17(1-2-18)12(9)20/h3-5,16,18H,1-2H2. The number of amides is 2. The summed E-state index contributed by atoms with van der Waals surface area (Å²) in [5.74, 6) is -3.76. The second-order valence-electron chi connectivity index (χ2n) is 3.95. The molecule has 0 aliphatic carbocycles. The van der Waals surface area contributed by atoms with Crippen LogP contribution in [0.2, 0.25) is 5.02 Å². The molecule has 0 saturated carbocycles. The summed E-state index contributed by atoms with van der Waals surface area (Å²) in [6.07, 6.45) is 0.941. The molecule has 0 bridgehead atoms. The number of imide groups is 1. The van der Waals surface area contributed by atoms with Gasteiger partial charge in [-0.25, -0.2) is 8.78 Å². The number of hydrogen-bond acceptors (Lipinski definition) is 4. The Bertz CT molecular complexity index is 619. The Hall–Kier alpha value is -1.99. The van der Waals surface area contributed by atoms with Crippen molar-refractivity contribution in [2.45, 2.75) is 0 Å². The summed E-state index contributed by atoms with van der Waals surface area (Å²) in [6, 6.07) is 1.88. The summed E-state index contributed by atoms with van der Waals surface area (Å²) in [5, 5.41) is 11.0. The van der Waals surface area contributed by atoms with Crippen molar-refractivity contribution in [3.63, 3.8) is 0 Å². The number of rotatable bonds is 4. The van der Waals surface area contributed by atoms with E-state index < -0.39 is 30.1 Å². The lowest BCUT2D eigenvalue weighted by molar-refractivity contribution is -0.137. The fourth-order valence-corrected chi connectivity index (χ4v) is 1.91. The van der Waals surface area contributed by atoms with Gasteiger partial charge in [-0.2, -0.15) is 0 Å². The van der Waals surface area contributed by atoms with Crippen LogP contribution in [0.1, 0.15) is 0 Å². The van der Waals surface area contributed by atoms with E-state index in [0.29, 0.717) is 0 Å². The van der Waals surface area contributed by atoms with E-state index in [2.05, 4.69) is 5.32 Å². The van der Waals surface area contributed by atoms with E-state index in [1.807, 2.05) is 0 Å². The summed E-state index contributed by atoms with van der Waals surface area (Å²) < 4.78 is 26.7. The quantitative estimate of drug-likeness (QED) is 0.649. The van der Waals surface area contributed by atoms with Gasteiger partial charge in [0.1, 0.15) is 5.70 Å². The lowest BCUT2D eigenvalue weighted by Crippen LogP contribution is -2.34. The van der Waals surface area contributed by atoms with Crippen LogP contribution in [-0.2, 0) is 9.59 Å². The highest BCUT2D eigenvalue weighted by molar-refractivity contribution is 6.30. The van der Waals surface area contributed by atoms with Gasteiger partial charge in [0.25, 0.3) is 11.8 Å². The number of β-amino-alcohol motifs (C(OH)–C–C–N with tert-alkyl or cyclic N) is 1. The van der Waals surface area contributed by atoms with E-state index in [1.54, 1.807) is 0 Å². The Morgan fingerprint density at radius 3 is 2.65 bits per heavy atom. The number of hydrogen-bond donors (Lipinski definition) is 2. The average molecular weight is 303 g/mol. The monoisotopic (exact) mass is 302 g/mol. The van der Waals surface area contributed by atoms with Crippen molar-refractivity contribution in [1.29, 1.82) is 0 Å². The second-order valence-corrected chi connectivity index (χ2v) is 4.39. The fraction of sp³-hybridized carbons (Fsp3) is 0.167. The van der Waals surface area contributed by atoms with Crippen molar-refractivity contribution in [1.82, 2.24) is 4.90 Å². The van der Waals surface area contributed by atoms with E-state index >= 15 is 0 Å². The predicted molar refractivity (Wildman–Crippen MR) is 66.9 cm³/mol. The van der Waals surface area contributed by atoms with Crippen LogP contribution in [-0.4, -0.2) is 35.0 Å². The maximum atomic E-state index is 13.5. The molecule has 106 valence electrons. The Labute approximate surface area is 117 Å². The van der Waals surface area contributed by atoms with Crippen LogP contribution in [0.3, 0.4) is 0 Å². The van der Waals surface area contributed by atoms with E-state index in [1.165, 1.54) is 0 Å². The topological polar surface area (TPSA) is 69.6 Å². The number of anilines is 1. The summed E-state index contributed by atoms with van der Waals surface area (Å²) >= 11 is 5.59. The third-order valence-corrected chi connectivity index (χ3v) is 2.81. The third-order valence-electron chi connectivity index (χ3n) is 2.60. The van der Waals surface area contributed by atoms with Gasteiger partial charge in [-0.15, -0.1) is 0 Å². The van der Waals surface area contributed by atoms with Crippen molar-refractivity contribution in [2.75, 3.05) is 18.5 Å². The van der Waals surface area contributed by atoms with Gasteiger partial charge < -0.3 is 10.4 Å². The first-order chi connectivity index (χ1) is 9.43. The number of halogens is 3. The summed E-state index contributed by atoms with van der Waals surface area (Å²) in [7, 11) is 0. The van der Waals surface area contributed by atoms with E-state index in [-0.39, 0.29) is 23.0 Å². The van der Waals surface area contributed by atoms with Gasteiger partial charge in [0.15, 0.2) is 11.6 Å². The van der Waals surface area contributed by atoms with Crippen molar-refractivity contribution in [3.05, 3.63) is 40.6 Å². The minimum absolute atomic E-state index is 0.0593. The molecule has 2 rings (SSSR count). The number of aliphatic hydroxyl groups is 1. The normalized spacial score (nSPS) is 14.8. The molecular weight excluding hydrogens is 294 g/mol. The maximum absolute atomic E-state index is 13.5. The number of aliphatic hydroxyl groups excluding tert-OH is 1. The predicted octanol–water partition coefficient (Wildman–Crippen LogP) is 1.28. The molecule has 5 nitrogen and oxygen atoms in total. The molecule has 1 aliphatic heterocycles. The minimum Gasteiger partial charge on any atom is -0.395 e. The molecule has 0 atom stereocenters. The Morgan fingerprint density at radius 1 is 1.30 bits per heavy atom. The van der Waals surface area contributed by atoms with Gasteiger partial charge in [-0.3, -0.25) is 14.5 Å². The molecule has 1 aromatic carbocycles. The molecule has 1 heterocycles. The van der Waals surface area contributed by atoms with E-state index in [4.69, 9.17) is 16.7 Å². The Kier molecular flexibility index (Phi) is 4.01. The first-order valence-corrected chi connectivity index (χ1v) is 5.91. The molecule has 1 aromatic rings. The number of carbonyl (C=O) groups excluding carboxylic acids is 2. The zero-order chi connectivity index (χ0) is 14.9. The van der Waals surface area contributed by atoms with Crippen LogP contribution in [0.4, 0.5) is 14.5 Å². The number of nitrogens with zero attached hydrogens (tertiary/aromatic N) is 1. The molecule has 0 aromatic heterocycles. The van der Waals surface area contributed by atoms with Gasteiger partial charge in [0.2, 0.25) is 0 Å². The number of carbonyl (C=O) groups is 2. The van der Waals surface area contributed by atoms with Crippen molar-refractivity contribution < 1.29 is 23.5 Å². The number of nitrogens with one attached hydrogen (secondary N) is 1. The molecule has 2 N–H and O–H groups in total. The Balaban J connectivity index is 2.26. The van der Waals surface area contributed by atoms with E-state index in [9.17, 15) is 18.4 Å². The average Bonchev–Trinajstić information content (AvgIpc) is 2.63. The first-order valence-electron chi connectivity index (χ1n) is 5.54. The Morgan fingerprint density at radius 2 is 2.00 bits per heavy atom. The number of benzene rings is 1. The second kappa shape index (κ2) is 5.56. The molecule has 0 unspecified atom stereocenters. The SMILES string of the molecule is O=C1C=C(Nc2cc(Cl)cc(F)c2F)C(=O)N1CCO.